The molecule has 0 aromatic heterocycles. The minimum Gasteiger partial charge on any atom is -0.435 e. The number of likely N-dealkylation sites (N-methyl/N-ethyl adjacent to an activating group) is 1. The number of alkyl halides is 2. The maximum atomic E-state index is 12.0. The molecule has 0 bridgehead atoms. The molecule has 20 heavy (non-hydrogen) atoms. The van der Waals surface area contributed by atoms with E-state index in [1.165, 1.54) is 24.3 Å². The van der Waals surface area contributed by atoms with E-state index in [2.05, 4.69) is 10.1 Å². The van der Waals surface area contributed by atoms with Crippen LogP contribution in [-0.4, -0.2) is 48.8 Å². The number of nitrogens with zero attached hydrogens (tertiary/aromatic N) is 1. The number of aliphatic hydroxyl groups excluding tert-OH is 1. The lowest BCUT2D eigenvalue weighted by Crippen LogP contribution is -2.40. The Morgan fingerprint density at radius 1 is 1.40 bits per heavy atom. The SMILES string of the molecule is CC(C(=O)Nc1ccc(OC(F)F)cc1)N(C)CCO. The van der Waals surface area contributed by atoms with Crippen LogP contribution in [0.5, 0.6) is 5.75 Å². The van der Waals surface area contributed by atoms with Crippen LogP contribution in [0.3, 0.4) is 0 Å². The molecule has 0 heterocycles. The third kappa shape index (κ3) is 5.10. The smallest absolute Gasteiger partial charge is 0.387 e. The fourth-order valence-corrected chi connectivity index (χ4v) is 1.52. The number of aliphatic hydroxyl groups is 1. The summed E-state index contributed by atoms with van der Waals surface area (Å²) in [6.45, 7) is -0.814. The number of hydrogen-bond acceptors (Lipinski definition) is 4. The van der Waals surface area contributed by atoms with Gasteiger partial charge < -0.3 is 15.2 Å². The summed E-state index contributed by atoms with van der Waals surface area (Å²) < 4.78 is 28.2. The summed E-state index contributed by atoms with van der Waals surface area (Å²) in [5, 5.41) is 11.5. The van der Waals surface area contributed by atoms with Crippen LogP contribution in [0.25, 0.3) is 0 Å². The number of ether oxygens (including phenoxy) is 1. The topological polar surface area (TPSA) is 61.8 Å². The zero-order chi connectivity index (χ0) is 15.1. The van der Waals surface area contributed by atoms with Gasteiger partial charge in [0.15, 0.2) is 0 Å². The number of amides is 1. The van der Waals surface area contributed by atoms with E-state index in [0.29, 0.717) is 12.2 Å². The van der Waals surface area contributed by atoms with Gasteiger partial charge in [-0.15, -0.1) is 0 Å². The Balaban J connectivity index is 2.57. The highest BCUT2D eigenvalue weighted by atomic mass is 19.3. The van der Waals surface area contributed by atoms with Gasteiger partial charge in [0, 0.05) is 12.2 Å². The van der Waals surface area contributed by atoms with Gasteiger partial charge in [-0.2, -0.15) is 8.78 Å². The Kier molecular flexibility index (Phi) is 6.33. The fourth-order valence-electron chi connectivity index (χ4n) is 1.52. The Bertz CT molecular complexity index is 426. The summed E-state index contributed by atoms with van der Waals surface area (Å²) in [5.41, 5.74) is 0.487. The van der Waals surface area contributed by atoms with E-state index < -0.39 is 12.7 Å². The highest BCUT2D eigenvalue weighted by molar-refractivity contribution is 5.94. The van der Waals surface area contributed by atoms with Gasteiger partial charge in [0.25, 0.3) is 0 Å². The summed E-state index contributed by atoms with van der Waals surface area (Å²) in [5.74, 6) is -0.216. The van der Waals surface area contributed by atoms with E-state index >= 15 is 0 Å². The van der Waals surface area contributed by atoms with Crippen molar-refractivity contribution in [2.45, 2.75) is 19.6 Å². The van der Waals surface area contributed by atoms with Crippen molar-refractivity contribution in [3.05, 3.63) is 24.3 Å². The number of carbonyl (C=O) groups is 1. The van der Waals surface area contributed by atoms with Crippen molar-refractivity contribution in [1.82, 2.24) is 4.90 Å². The van der Waals surface area contributed by atoms with Crippen molar-refractivity contribution in [2.24, 2.45) is 0 Å². The van der Waals surface area contributed by atoms with Crippen molar-refractivity contribution in [1.29, 1.82) is 0 Å². The first-order valence-corrected chi connectivity index (χ1v) is 6.11. The minimum absolute atomic E-state index is 0.0310. The molecular formula is C13H18F2N2O3. The zero-order valence-electron chi connectivity index (χ0n) is 11.3. The van der Waals surface area contributed by atoms with Gasteiger partial charge in [-0.05, 0) is 38.2 Å². The molecule has 1 aromatic rings. The lowest BCUT2D eigenvalue weighted by Gasteiger charge is -2.22. The number of carbonyl (C=O) groups excluding carboxylic acids is 1. The van der Waals surface area contributed by atoms with Crippen molar-refractivity contribution in [3.63, 3.8) is 0 Å². The van der Waals surface area contributed by atoms with Gasteiger partial charge in [0.05, 0.1) is 12.6 Å². The second-order valence-electron chi connectivity index (χ2n) is 4.27. The maximum Gasteiger partial charge on any atom is 0.387 e. The summed E-state index contributed by atoms with van der Waals surface area (Å²) in [6, 6.07) is 5.25. The highest BCUT2D eigenvalue weighted by Crippen LogP contribution is 2.18. The molecule has 0 fully saturated rings. The zero-order valence-corrected chi connectivity index (χ0v) is 11.3. The largest absolute Gasteiger partial charge is 0.435 e. The van der Waals surface area contributed by atoms with E-state index in [4.69, 9.17) is 5.11 Å². The number of rotatable bonds is 7. The number of hydrogen-bond donors (Lipinski definition) is 2. The van der Waals surface area contributed by atoms with Crippen molar-refractivity contribution < 1.29 is 23.4 Å². The van der Waals surface area contributed by atoms with Crippen LogP contribution in [0.2, 0.25) is 0 Å². The summed E-state index contributed by atoms with van der Waals surface area (Å²) in [6.07, 6.45) is 0. The third-order valence-corrected chi connectivity index (χ3v) is 2.84. The Morgan fingerprint density at radius 2 is 2.00 bits per heavy atom. The monoisotopic (exact) mass is 288 g/mol. The van der Waals surface area contributed by atoms with Gasteiger partial charge >= 0.3 is 6.61 Å². The number of nitrogens with one attached hydrogen (secondary N) is 1. The summed E-state index contributed by atoms with van der Waals surface area (Å²) in [7, 11) is 1.72. The van der Waals surface area contributed by atoms with Crippen molar-refractivity contribution in [2.75, 3.05) is 25.5 Å². The molecule has 0 spiro atoms. The Hall–Kier alpha value is -1.73. The summed E-state index contributed by atoms with van der Waals surface area (Å²) in [4.78, 5) is 13.6. The molecule has 2 N–H and O–H groups in total. The molecule has 1 aromatic carbocycles. The quantitative estimate of drug-likeness (QED) is 0.799. The van der Waals surface area contributed by atoms with Crippen LogP contribution >= 0.6 is 0 Å². The first kappa shape index (κ1) is 16.3. The second kappa shape index (κ2) is 7.76. The van der Waals surface area contributed by atoms with Crippen molar-refractivity contribution >= 4 is 11.6 Å². The van der Waals surface area contributed by atoms with Gasteiger partial charge in [-0.25, -0.2) is 0 Å². The normalized spacial score (nSPS) is 12.6. The molecule has 1 atom stereocenters. The van der Waals surface area contributed by atoms with Crippen LogP contribution in [0.1, 0.15) is 6.92 Å². The molecule has 0 radical (unpaired) electrons. The molecule has 1 unspecified atom stereocenters. The summed E-state index contributed by atoms with van der Waals surface area (Å²) >= 11 is 0. The van der Waals surface area contributed by atoms with E-state index in [0.717, 1.165) is 0 Å². The average molecular weight is 288 g/mol. The van der Waals surface area contributed by atoms with Gasteiger partial charge in [0.2, 0.25) is 5.91 Å². The molecule has 0 aliphatic rings. The van der Waals surface area contributed by atoms with Gasteiger partial charge in [-0.3, -0.25) is 9.69 Å². The van der Waals surface area contributed by atoms with Gasteiger partial charge in [-0.1, -0.05) is 0 Å². The second-order valence-corrected chi connectivity index (χ2v) is 4.27. The Morgan fingerprint density at radius 3 is 2.50 bits per heavy atom. The van der Waals surface area contributed by atoms with Crippen LogP contribution < -0.4 is 10.1 Å². The number of anilines is 1. The third-order valence-electron chi connectivity index (χ3n) is 2.84. The first-order valence-electron chi connectivity index (χ1n) is 6.11. The van der Waals surface area contributed by atoms with E-state index in [9.17, 15) is 13.6 Å². The predicted molar refractivity (Wildman–Crippen MR) is 70.9 cm³/mol. The van der Waals surface area contributed by atoms with Crippen LogP contribution in [0.15, 0.2) is 24.3 Å². The van der Waals surface area contributed by atoms with E-state index in [-0.39, 0.29) is 18.3 Å². The van der Waals surface area contributed by atoms with Crippen LogP contribution in [0, 0.1) is 0 Å². The highest BCUT2D eigenvalue weighted by Gasteiger charge is 2.17. The molecule has 0 saturated heterocycles. The molecule has 1 amide bonds. The molecule has 0 aliphatic heterocycles. The minimum atomic E-state index is -2.87. The Labute approximate surface area is 116 Å². The fraction of sp³-hybridized carbons (Fsp3) is 0.462. The number of halogens is 2. The molecule has 0 saturated carbocycles. The van der Waals surface area contributed by atoms with E-state index in [1.807, 2.05) is 0 Å². The molecule has 5 nitrogen and oxygen atoms in total. The van der Waals surface area contributed by atoms with E-state index in [1.54, 1.807) is 18.9 Å². The maximum absolute atomic E-state index is 12.0. The number of benzene rings is 1. The molecule has 1 rings (SSSR count). The molecular weight excluding hydrogens is 270 g/mol. The van der Waals surface area contributed by atoms with Crippen molar-refractivity contribution in [3.8, 4) is 5.75 Å². The standard InChI is InChI=1S/C13H18F2N2O3/c1-9(17(2)7-8-18)12(19)16-10-3-5-11(6-4-10)20-13(14)15/h3-6,9,13,18H,7-8H2,1-2H3,(H,16,19). The molecule has 7 heteroatoms. The van der Waals surface area contributed by atoms with Crippen LogP contribution in [0.4, 0.5) is 14.5 Å². The predicted octanol–water partition coefficient (Wildman–Crippen LogP) is 1.54. The van der Waals surface area contributed by atoms with Crippen LogP contribution in [-0.2, 0) is 4.79 Å². The average Bonchev–Trinajstić information content (AvgIpc) is 2.39. The lowest BCUT2D eigenvalue weighted by molar-refractivity contribution is -0.120. The molecule has 0 aliphatic carbocycles. The first-order chi connectivity index (χ1) is 9.43. The lowest BCUT2D eigenvalue weighted by atomic mass is 10.2. The molecule has 112 valence electrons. The van der Waals surface area contributed by atoms with Gasteiger partial charge in [0.1, 0.15) is 5.75 Å².